The number of likely N-dealkylation sites (tertiary alicyclic amines) is 1. The van der Waals surface area contributed by atoms with E-state index < -0.39 is 0 Å². The van der Waals surface area contributed by atoms with Crippen LogP contribution >= 0.6 is 0 Å². The molecule has 0 radical (unpaired) electrons. The van der Waals surface area contributed by atoms with Crippen LogP contribution < -0.4 is 16.2 Å². The van der Waals surface area contributed by atoms with Gasteiger partial charge in [-0.15, -0.1) is 0 Å². The number of anilines is 2. The van der Waals surface area contributed by atoms with Gasteiger partial charge < -0.3 is 16.2 Å². The highest BCUT2D eigenvalue weighted by atomic mass is 16.5. The molecule has 116 valence electrons. The lowest BCUT2D eigenvalue weighted by molar-refractivity contribution is 0.238. The predicted molar refractivity (Wildman–Crippen MR) is 87.5 cm³/mol. The van der Waals surface area contributed by atoms with Crippen molar-refractivity contribution in [2.45, 2.75) is 12.8 Å². The van der Waals surface area contributed by atoms with Gasteiger partial charge >= 0.3 is 0 Å². The summed E-state index contributed by atoms with van der Waals surface area (Å²) in [5.41, 5.74) is 13.9. The van der Waals surface area contributed by atoms with Crippen LogP contribution in [-0.4, -0.2) is 41.1 Å². The Kier molecular flexibility index (Phi) is 4.39. The normalized spacial score (nSPS) is 15.1. The predicted octanol–water partition coefficient (Wildman–Crippen LogP) is 1.78. The molecule has 1 aliphatic heterocycles. The largest absolute Gasteiger partial charge is 0.490 e. The minimum absolute atomic E-state index is 0.255. The van der Waals surface area contributed by atoms with Gasteiger partial charge in [0.1, 0.15) is 12.4 Å². The van der Waals surface area contributed by atoms with Crippen molar-refractivity contribution >= 4 is 11.6 Å². The first-order valence-electron chi connectivity index (χ1n) is 7.56. The molecule has 1 fully saturated rings. The van der Waals surface area contributed by atoms with Crippen molar-refractivity contribution < 1.29 is 4.74 Å². The number of nitrogens with two attached hydrogens (primary N) is 2. The monoisotopic (exact) mass is 299 g/mol. The standard InChI is InChI=1S/C16H21N5O/c17-13-4-3-12(14-5-6-19-16(18)20-14)11-15(13)22-10-9-21-7-1-2-8-21/h3-6,11H,1-2,7-10,17H2,(H2,18,19,20). The van der Waals surface area contributed by atoms with E-state index in [-0.39, 0.29) is 5.95 Å². The molecule has 0 atom stereocenters. The second kappa shape index (κ2) is 6.62. The van der Waals surface area contributed by atoms with Crippen LogP contribution in [0.4, 0.5) is 11.6 Å². The van der Waals surface area contributed by atoms with Gasteiger partial charge in [-0.25, -0.2) is 9.97 Å². The molecule has 4 N–H and O–H groups in total. The first-order chi connectivity index (χ1) is 10.7. The van der Waals surface area contributed by atoms with Gasteiger partial charge in [0.15, 0.2) is 0 Å². The molecular formula is C16H21N5O. The summed E-state index contributed by atoms with van der Waals surface area (Å²) >= 11 is 0. The molecule has 0 amide bonds. The van der Waals surface area contributed by atoms with E-state index >= 15 is 0 Å². The number of benzene rings is 1. The molecule has 0 saturated carbocycles. The maximum absolute atomic E-state index is 6.00. The first kappa shape index (κ1) is 14.6. The van der Waals surface area contributed by atoms with E-state index in [0.29, 0.717) is 18.0 Å². The lowest BCUT2D eigenvalue weighted by Crippen LogP contribution is -2.25. The summed E-state index contributed by atoms with van der Waals surface area (Å²) < 4.78 is 5.85. The van der Waals surface area contributed by atoms with Gasteiger partial charge in [0, 0.05) is 18.3 Å². The van der Waals surface area contributed by atoms with Crippen LogP contribution in [0.15, 0.2) is 30.5 Å². The Balaban J connectivity index is 1.69. The number of hydrogen-bond donors (Lipinski definition) is 2. The Morgan fingerprint density at radius 3 is 2.73 bits per heavy atom. The van der Waals surface area contributed by atoms with Crippen LogP contribution in [0.2, 0.25) is 0 Å². The fourth-order valence-corrected chi connectivity index (χ4v) is 2.64. The fourth-order valence-electron chi connectivity index (χ4n) is 2.64. The van der Waals surface area contributed by atoms with Crippen molar-refractivity contribution in [1.82, 2.24) is 14.9 Å². The molecule has 6 nitrogen and oxygen atoms in total. The zero-order chi connectivity index (χ0) is 15.4. The molecule has 0 spiro atoms. The van der Waals surface area contributed by atoms with Crippen molar-refractivity contribution in [3.05, 3.63) is 30.5 Å². The second-order valence-electron chi connectivity index (χ2n) is 5.45. The summed E-state index contributed by atoms with van der Waals surface area (Å²) in [7, 11) is 0. The summed E-state index contributed by atoms with van der Waals surface area (Å²) in [5.74, 6) is 0.944. The molecule has 3 rings (SSSR count). The van der Waals surface area contributed by atoms with Crippen molar-refractivity contribution in [3.8, 4) is 17.0 Å². The van der Waals surface area contributed by atoms with Crippen LogP contribution in [-0.2, 0) is 0 Å². The minimum Gasteiger partial charge on any atom is -0.490 e. The van der Waals surface area contributed by atoms with Gasteiger partial charge in [-0.1, -0.05) is 6.07 Å². The molecule has 0 aliphatic carbocycles. The van der Waals surface area contributed by atoms with Crippen molar-refractivity contribution in [1.29, 1.82) is 0 Å². The number of nitrogen functional groups attached to an aromatic ring is 2. The van der Waals surface area contributed by atoms with E-state index in [9.17, 15) is 0 Å². The van der Waals surface area contributed by atoms with E-state index in [0.717, 1.165) is 17.8 Å². The van der Waals surface area contributed by atoms with E-state index in [1.807, 2.05) is 24.3 Å². The smallest absolute Gasteiger partial charge is 0.220 e. The SMILES string of the molecule is Nc1nccc(-c2ccc(N)c(OCCN3CCCC3)c2)n1. The van der Waals surface area contributed by atoms with Gasteiger partial charge in [-0.2, -0.15) is 0 Å². The van der Waals surface area contributed by atoms with E-state index in [4.69, 9.17) is 16.2 Å². The molecule has 1 aromatic heterocycles. The third-order valence-corrected chi connectivity index (χ3v) is 3.85. The van der Waals surface area contributed by atoms with Crippen LogP contribution in [0.1, 0.15) is 12.8 Å². The van der Waals surface area contributed by atoms with Gasteiger partial charge in [0.05, 0.1) is 11.4 Å². The zero-order valence-electron chi connectivity index (χ0n) is 12.5. The van der Waals surface area contributed by atoms with Crippen molar-refractivity contribution in [2.24, 2.45) is 0 Å². The molecule has 6 heteroatoms. The van der Waals surface area contributed by atoms with E-state index in [2.05, 4.69) is 14.9 Å². The third kappa shape index (κ3) is 3.46. The van der Waals surface area contributed by atoms with Gasteiger partial charge in [0.25, 0.3) is 0 Å². The molecular weight excluding hydrogens is 278 g/mol. The molecule has 1 saturated heterocycles. The summed E-state index contributed by atoms with van der Waals surface area (Å²) in [6, 6.07) is 7.46. The third-order valence-electron chi connectivity index (χ3n) is 3.85. The second-order valence-corrected chi connectivity index (χ2v) is 5.45. The Hall–Kier alpha value is -2.34. The minimum atomic E-state index is 0.255. The highest BCUT2D eigenvalue weighted by Gasteiger charge is 2.11. The summed E-state index contributed by atoms with van der Waals surface area (Å²) in [5, 5.41) is 0. The van der Waals surface area contributed by atoms with Gasteiger partial charge in [-0.3, -0.25) is 4.90 Å². The Labute approximate surface area is 130 Å². The average Bonchev–Trinajstić information content (AvgIpc) is 3.02. The van der Waals surface area contributed by atoms with Crippen molar-refractivity contribution in [3.63, 3.8) is 0 Å². The Bertz CT molecular complexity index is 640. The average molecular weight is 299 g/mol. The number of nitrogens with zero attached hydrogens (tertiary/aromatic N) is 3. The molecule has 0 bridgehead atoms. The molecule has 2 heterocycles. The lowest BCUT2D eigenvalue weighted by atomic mass is 10.1. The maximum Gasteiger partial charge on any atom is 0.220 e. The molecule has 1 aromatic carbocycles. The number of rotatable bonds is 5. The van der Waals surface area contributed by atoms with E-state index in [1.54, 1.807) is 6.20 Å². The first-order valence-corrected chi connectivity index (χ1v) is 7.56. The molecule has 2 aromatic rings. The number of aromatic nitrogens is 2. The summed E-state index contributed by atoms with van der Waals surface area (Å²) in [6.45, 7) is 3.90. The number of ether oxygens (including phenoxy) is 1. The Morgan fingerprint density at radius 1 is 1.14 bits per heavy atom. The lowest BCUT2D eigenvalue weighted by Gasteiger charge is -2.16. The quantitative estimate of drug-likeness (QED) is 0.818. The highest BCUT2D eigenvalue weighted by Crippen LogP contribution is 2.28. The van der Waals surface area contributed by atoms with Gasteiger partial charge in [0.2, 0.25) is 5.95 Å². The fraction of sp³-hybridized carbons (Fsp3) is 0.375. The Morgan fingerprint density at radius 2 is 1.95 bits per heavy atom. The topological polar surface area (TPSA) is 90.3 Å². The summed E-state index contributed by atoms with van der Waals surface area (Å²) in [6.07, 6.45) is 4.21. The maximum atomic E-state index is 6.00. The van der Waals surface area contributed by atoms with Crippen LogP contribution in [0.25, 0.3) is 11.3 Å². The van der Waals surface area contributed by atoms with Crippen LogP contribution in [0, 0.1) is 0 Å². The molecule has 22 heavy (non-hydrogen) atoms. The highest BCUT2D eigenvalue weighted by molar-refractivity contribution is 5.67. The van der Waals surface area contributed by atoms with Crippen LogP contribution in [0.3, 0.4) is 0 Å². The molecule has 1 aliphatic rings. The zero-order valence-corrected chi connectivity index (χ0v) is 12.5. The molecule has 0 unspecified atom stereocenters. The van der Waals surface area contributed by atoms with Crippen molar-refractivity contribution in [2.75, 3.05) is 37.7 Å². The summed E-state index contributed by atoms with van der Waals surface area (Å²) in [4.78, 5) is 10.5. The van der Waals surface area contributed by atoms with Crippen LogP contribution in [0.5, 0.6) is 5.75 Å². The van der Waals surface area contributed by atoms with E-state index in [1.165, 1.54) is 25.9 Å². The number of hydrogen-bond acceptors (Lipinski definition) is 6. The van der Waals surface area contributed by atoms with Gasteiger partial charge in [-0.05, 0) is 44.1 Å².